The maximum absolute atomic E-state index is 5.83. The van der Waals surface area contributed by atoms with Crippen LogP contribution in [0.3, 0.4) is 0 Å². The smallest absolute Gasteiger partial charge is 0.143 e. The molecule has 0 radical (unpaired) electrons. The van der Waals surface area contributed by atoms with Crippen LogP contribution < -0.4 is 0 Å². The summed E-state index contributed by atoms with van der Waals surface area (Å²) in [5.74, 6) is 0. The highest BCUT2D eigenvalue weighted by molar-refractivity contribution is 14.1. The number of benzene rings is 1. The quantitative estimate of drug-likeness (QED) is 0.758. The first-order chi connectivity index (χ1) is 6.25. The van der Waals surface area contributed by atoms with E-state index in [4.69, 9.17) is 11.6 Å². The summed E-state index contributed by atoms with van der Waals surface area (Å²) in [6.45, 7) is 0. The van der Waals surface area contributed by atoms with Crippen LogP contribution in [0.15, 0.2) is 30.5 Å². The number of rotatable bonds is 1. The molecular formula is C8H5ClIN3. The van der Waals surface area contributed by atoms with Crippen LogP contribution in [-0.4, -0.2) is 15.0 Å². The van der Waals surface area contributed by atoms with E-state index in [0.717, 1.165) is 9.39 Å². The topological polar surface area (TPSA) is 30.7 Å². The lowest BCUT2D eigenvalue weighted by atomic mass is 10.3. The predicted molar refractivity (Wildman–Crippen MR) is 59.1 cm³/mol. The fourth-order valence-electron chi connectivity index (χ4n) is 0.969. The molecule has 5 heteroatoms. The highest BCUT2D eigenvalue weighted by Crippen LogP contribution is 2.13. The van der Waals surface area contributed by atoms with Crippen molar-refractivity contribution in [2.24, 2.45) is 0 Å². The van der Waals surface area contributed by atoms with Crippen LogP contribution >= 0.6 is 34.2 Å². The third-order valence-corrected chi connectivity index (χ3v) is 2.23. The molecule has 0 atom stereocenters. The van der Waals surface area contributed by atoms with Crippen molar-refractivity contribution < 1.29 is 0 Å². The molecule has 0 aliphatic rings. The standard InChI is InChI=1S/C8H5ClIN3/c9-6-2-1-3-7(4-6)13-11-5-8(10)12-13/h1-5H. The molecule has 0 bridgehead atoms. The van der Waals surface area contributed by atoms with Crippen LogP contribution in [0.4, 0.5) is 0 Å². The molecule has 1 heterocycles. The average molecular weight is 306 g/mol. The van der Waals surface area contributed by atoms with Crippen molar-refractivity contribution in [1.29, 1.82) is 0 Å². The lowest BCUT2D eigenvalue weighted by molar-refractivity contribution is 0.747. The van der Waals surface area contributed by atoms with Gasteiger partial charge < -0.3 is 0 Å². The largest absolute Gasteiger partial charge is 0.156 e. The summed E-state index contributed by atoms with van der Waals surface area (Å²) < 4.78 is 0.859. The van der Waals surface area contributed by atoms with Gasteiger partial charge >= 0.3 is 0 Å². The van der Waals surface area contributed by atoms with Gasteiger partial charge in [-0.15, -0.1) is 5.10 Å². The minimum absolute atomic E-state index is 0.685. The Bertz CT molecular complexity index is 427. The van der Waals surface area contributed by atoms with E-state index in [0.29, 0.717) is 5.02 Å². The van der Waals surface area contributed by atoms with Gasteiger partial charge in [-0.1, -0.05) is 17.7 Å². The molecule has 0 N–H and O–H groups in total. The second-order valence-electron chi connectivity index (χ2n) is 2.44. The van der Waals surface area contributed by atoms with Crippen molar-refractivity contribution in [1.82, 2.24) is 15.0 Å². The Labute approximate surface area is 93.8 Å². The third-order valence-electron chi connectivity index (χ3n) is 1.50. The molecule has 13 heavy (non-hydrogen) atoms. The van der Waals surface area contributed by atoms with Crippen LogP contribution in [0.25, 0.3) is 5.69 Å². The number of nitrogens with zero attached hydrogens (tertiary/aromatic N) is 3. The normalized spacial score (nSPS) is 10.3. The zero-order valence-electron chi connectivity index (χ0n) is 6.48. The summed E-state index contributed by atoms with van der Waals surface area (Å²) >= 11 is 7.94. The van der Waals surface area contributed by atoms with E-state index >= 15 is 0 Å². The second kappa shape index (κ2) is 3.63. The monoisotopic (exact) mass is 305 g/mol. The Balaban J connectivity index is 2.46. The maximum atomic E-state index is 5.83. The van der Waals surface area contributed by atoms with E-state index < -0.39 is 0 Å². The first-order valence-corrected chi connectivity index (χ1v) is 5.05. The van der Waals surface area contributed by atoms with E-state index in [1.165, 1.54) is 0 Å². The van der Waals surface area contributed by atoms with Crippen molar-refractivity contribution >= 4 is 34.2 Å². The molecular weight excluding hydrogens is 300 g/mol. The van der Waals surface area contributed by atoms with Crippen LogP contribution in [0.2, 0.25) is 5.02 Å². The fraction of sp³-hybridized carbons (Fsp3) is 0. The zero-order valence-corrected chi connectivity index (χ0v) is 9.40. The Morgan fingerprint density at radius 2 is 2.23 bits per heavy atom. The molecule has 2 rings (SSSR count). The van der Waals surface area contributed by atoms with Crippen LogP contribution in [0.1, 0.15) is 0 Å². The molecule has 1 aromatic heterocycles. The molecule has 0 saturated heterocycles. The minimum Gasteiger partial charge on any atom is -0.156 e. The van der Waals surface area contributed by atoms with Crippen LogP contribution in [0, 0.1) is 3.70 Å². The van der Waals surface area contributed by atoms with E-state index in [-0.39, 0.29) is 0 Å². The first-order valence-electron chi connectivity index (χ1n) is 3.59. The van der Waals surface area contributed by atoms with E-state index in [2.05, 4.69) is 32.8 Å². The van der Waals surface area contributed by atoms with Gasteiger partial charge in [0.25, 0.3) is 0 Å². The molecule has 0 aliphatic heterocycles. The van der Waals surface area contributed by atoms with Crippen LogP contribution in [-0.2, 0) is 0 Å². The summed E-state index contributed by atoms with van der Waals surface area (Å²) in [7, 11) is 0. The molecule has 0 fully saturated rings. The van der Waals surface area contributed by atoms with Crippen LogP contribution in [0.5, 0.6) is 0 Å². The Kier molecular flexibility index (Phi) is 2.50. The van der Waals surface area contributed by atoms with Gasteiger partial charge in [-0.25, -0.2) is 0 Å². The third kappa shape index (κ3) is 2.00. The number of halogens is 2. The van der Waals surface area contributed by atoms with Gasteiger partial charge in [-0.3, -0.25) is 0 Å². The van der Waals surface area contributed by atoms with Gasteiger partial charge in [0, 0.05) is 5.02 Å². The van der Waals surface area contributed by atoms with Crippen molar-refractivity contribution in [3.63, 3.8) is 0 Å². The summed E-state index contributed by atoms with van der Waals surface area (Å²) in [5, 5.41) is 8.91. The summed E-state index contributed by atoms with van der Waals surface area (Å²) in [5.41, 5.74) is 0.871. The van der Waals surface area contributed by atoms with Crippen molar-refractivity contribution in [3.05, 3.63) is 39.2 Å². The highest BCUT2D eigenvalue weighted by Gasteiger charge is 1.99. The summed E-state index contributed by atoms with van der Waals surface area (Å²) in [4.78, 5) is 1.55. The molecule has 1 aromatic carbocycles. The SMILES string of the molecule is Clc1cccc(-n2ncc(I)n2)c1. The molecule has 0 amide bonds. The summed E-state index contributed by atoms with van der Waals surface area (Å²) in [6.07, 6.45) is 1.70. The lowest BCUT2D eigenvalue weighted by Gasteiger charge is -1.98. The maximum Gasteiger partial charge on any atom is 0.143 e. The van der Waals surface area contributed by atoms with E-state index in [1.54, 1.807) is 11.0 Å². The van der Waals surface area contributed by atoms with Gasteiger partial charge in [-0.2, -0.15) is 9.90 Å². The molecule has 0 spiro atoms. The van der Waals surface area contributed by atoms with Gasteiger partial charge in [0.1, 0.15) is 3.70 Å². The van der Waals surface area contributed by atoms with Crippen molar-refractivity contribution in [2.45, 2.75) is 0 Å². The van der Waals surface area contributed by atoms with Crippen molar-refractivity contribution in [2.75, 3.05) is 0 Å². The van der Waals surface area contributed by atoms with E-state index in [1.807, 2.05) is 24.3 Å². The predicted octanol–water partition coefficient (Wildman–Crippen LogP) is 2.53. The Morgan fingerprint density at radius 1 is 1.38 bits per heavy atom. The first kappa shape index (κ1) is 8.96. The molecule has 2 aromatic rings. The number of hydrogen-bond acceptors (Lipinski definition) is 2. The molecule has 3 nitrogen and oxygen atoms in total. The average Bonchev–Trinajstić information content (AvgIpc) is 2.52. The van der Waals surface area contributed by atoms with Gasteiger partial charge in [0.05, 0.1) is 11.9 Å². The molecule has 0 saturated carbocycles. The van der Waals surface area contributed by atoms with Crippen molar-refractivity contribution in [3.8, 4) is 5.69 Å². The molecule has 0 aliphatic carbocycles. The number of hydrogen-bond donors (Lipinski definition) is 0. The molecule has 0 unspecified atom stereocenters. The van der Waals surface area contributed by atoms with Gasteiger partial charge in [0.15, 0.2) is 0 Å². The Hall–Kier alpha value is -0.620. The molecule has 66 valence electrons. The lowest BCUT2D eigenvalue weighted by Crippen LogP contribution is -1.97. The fourth-order valence-corrected chi connectivity index (χ4v) is 1.48. The summed E-state index contributed by atoms with van der Waals surface area (Å²) in [6, 6.07) is 7.41. The Morgan fingerprint density at radius 3 is 2.85 bits per heavy atom. The number of aromatic nitrogens is 3. The highest BCUT2D eigenvalue weighted by atomic mass is 127. The minimum atomic E-state index is 0.685. The van der Waals surface area contributed by atoms with Gasteiger partial charge in [0.2, 0.25) is 0 Å². The zero-order chi connectivity index (χ0) is 9.26. The van der Waals surface area contributed by atoms with E-state index in [9.17, 15) is 0 Å². The second-order valence-corrected chi connectivity index (χ2v) is 3.98. The van der Waals surface area contributed by atoms with Gasteiger partial charge in [-0.05, 0) is 40.8 Å².